The van der Waals surface area contributed by atoms with Gasteiger partial charge in [0.05, 0.1) is 0 Å². The molecule has 0 nitrogen and oxygen atoms in total. The van der Waals surface area contributed by atoms with E-state index in [9.17, 15) is 0 Å². The lowest BCUT2D eigenvalue weighted by Crippen LogP contribution is -2.32. The Morgan fingerprint density at radius 3 is 1.30 bits per heavy atom. The molecular formula is C47H40. The number of aryl methyl sites for hydroxylation is 2. The highest BCUT2D eigenvalue weighted by Gasteiger charge is 2.42. The number of benzene rings is 6. The van der Waals surface area contributed by atoms with Crippen molar-refractivity contribution in [3.05, 3.63) is 201 Å². The summed E-state index contributed by atoms with van der Waals surface area (Å²) < 4.78 is 0. The predicted octanol–water partition coefficient (Wildman–Crippen LogP) is 11.7. The standard InChI is InChI=1S/C47H40/c1-33-13-9-19-37(25-33)43-23-11-21-39-27-41(29-45(39)43)47(31-35-15-5-3-6-16-35,32-36-17-7-4-8-18-36)42-28-40-22-12-24-44(46(40)30-42)38-20-10-14-34(2)26-38/h3-26,29-30H,27-28,31-32H2,1-2H3. The van der Waals surface area contributed by atoms with Crippen LogP contribution in [-0.4, -0.2) is 0 Å². The van der Waals surface area contributed by atoms with Crippen LogP contribution < -0.4 is 0 Å². The van der Waals surface area contributed by atoms with Crippen LogP contribution in [-0.2, 0) is 25.7 Å². The molecule has 8 rings (SSSR count). The van der Waals surface area contributed by atoms with Crippen molar-refractivity contribution in [3.63, 3.8) is 0 Å². The van der Waals surface area contributed by atoms with Gasteiger partial charge in [0.25, 0.3) is 0 Å². The Morgan fingerprint density at radius 2 is 0.872 bits per heavy atom. The molecule has 2 aliphatic rings. The molecule has 47 heavy (non-hydrogen) atoms. The molecule has 0 amide bonds. The molecule has 0 saturated carbocycles. The molecule has 0 atom stereocenters. The number of rotatable bonds is 8. The molecule has 0 saturated heterocycles. The lowest BCUT2D eigenvalue weighted by molar-refractivity contribution is 0.414. The van der Waals surface area contributed by atoms with Crippen LogP contribution in [0.25, 0.3) is 34.4 Å². The van der Waals surface area contributed by atoms with Crippen molar-refractivity contribution in [2.75, 3.05) is 0 Å². The van der Waals surface area contributed by atoms with E-state index in [4.69, 9.17) is 0 Å². The van der Waals surface area contributed by atoms with Crippen LogP contribution in [0.15, 0.2) is 157 Å². The van der Waals surface area contributed by atoms with Gasteiger partial charge in [-0.25, -0.2) is 0 Å². The second-order valence-corrected chi connectivity index (χ2v) is 13.6. The van der Waals surface area contributed by atoms with E-state index in [-0.39, 0.29) is 5.41 Å². The third kappa shape index (κ3) is 5.59. The van der Waals surface area contributed by atoms with Crippen molar-refractivity contribution < 1.29 is 0 Å². The minimum atomic E-state index is -0.186. The minimum absolute atomic E-state index is 0.186. The molecule has 0 N–H and O–H groups in total. The van der Waals surface area contributed by atoms with E-state index in [0.717, 1.165) is 25.7 Å². The fourth-order valence-electron chi connectivity index (χ4n) is 8.09. The van der Waals surface area contributed by atoms with Gasteiger partial charge >= 0.3 is 0 Å². The zero-order chi connectivity index (χ0) is 31.8. The maximum Gasteiger partial charge on any atom is 0.0214 e. The Kier molecular flexibility index (Phi) is 7.58. The van der Waals surface area contributed by atoms with E-state index in [1.165, 1.54) is 77.9 Å². The molecule has 0 aromatic heterocycles. The highest BCUT2D eigenvalue weighted by Crippen LogP contribution is 2.52. The van der Waals surface area contributed by atoms with Crippen molar-refractivity contribution >= 4 is 12.2 Å². The lowest BCUT2D eigenvalue weighted by atomic mass is 9.65. The van der Waals surface area contributed by atoms with Crippen LogP contribution in [0.1, 0.15) is 44.5 Å². The first-order valence-corrected chi connectivity index (χ1v) is 16.9. The van der Waals surface area contributed by atoms with Gasteiger partial charge in [-0.05, 0) is 95.2 Å². The van der Waals surface area contributed by atoms with Gasteiger partial charge < -0.3 is 0 Å². The van der Waals surface area contributed by atoms with Gasteiger partial charge in [-0.3, -0.25) is 0 Å². The van der Waals surface area contributed by atoms with E-state index >= 15 is 0 Å². The summed E-state index contributed by atoms with van der Waals surface area (Å²) in [5.74, 6) is 0. The maximum absolute atomic E-state index is 2.57. The molecule has 0 heterocycles. The molecule has 0 aliphatic heterocycles. The molecule has 0 heteroatoms. The summed E-state index contributed by atoms with van der Waals surface area (Å²) >= 11 is 0. The van der Waals surface area contributed by atoms with Gasteiger partial charge in [-0.1, -0.05) is 180 Å². The zero-order valence-electron chi connectivity index (χ0n) is 27.3. The monoisotopic (exact) mass is 604 g/mol. The van der Waals surface area contributed by atoms with Crippen LogP contribution >= 0.6 is 0 Å². The van der Waals surface area contributed by atoms with Gasteiger partial charge in [-0.2, -0.15) is 0 Å². The molecule has 228 valence electrons. The van der Waals surface area contributed by atoms with E-state index in [0.29, 0.717) is 0 Å². The molecule has 0 radical (unpaired) electrons. The normalized spacial score (nSPS) is 13.6. The summed E-state index contributed by atoms with van der Waals surface area (Å²) in [6, 6.07) is 54.1. The maximum atomic E-state index is 2.57. The quantitative estimate of drug-likeness (QED) is 0.162. The second-order valence-electron chi connectivity index (χ2n) is 13.6. The number of fused-ring (bicyclic) bond motifs is 2. The van der Waals surface area contributed by atoms with Gasteiger partial charge in [-0.15, -0.1) is 0 Å². The Morgan fingerprint density at radius 1 is 0.447 bits per heavy atom. The summed E-state index contributed by atoms with van der Waals surface area (Å²) in [7, 11) is 0. The van der Waals surface area contributed by atoms with E-state index < -0.39 is 0 Å². The Hall–Kier alpha value is -5.20. The second kappa shape index (κ2) is 12.2. The Balaban J connectivity index is 1.33. The summed E-state index contributed by atoms with van der Waals surface area (Å²) in [4.78, 5) is 0. The molecule has 0 unspecified atom stereocenters. The first-order chi connectivity index (χ1) is 23.1. The first kappa shape index (κ1) is 29.2. The predicted molar refractivity (Wildman–Crippen MR) is 199 cm³/mol. The largest absolute Gasteiger partial charge is 0.0622 e. The lowest BCUT2D eigenvalue weighted by Gasteiger charge is -2.38. The SMILES string of the molecule is Cc1cccc(-c2cccc3c2C=C(C(Cc2ccccc2)(Cc2ccccc2)C2=Cc4c(cccc4-c4cccc(C)c4)C2)C3)c1. The van der Waals surface area contributed by atoms with Crippen LogP contribution in [0.5, 0.6) is 0 Å². The average molecular weight is 605 g/mol. The third-order valence-corrected chi connectivity index (χ3v) is 10.4. The fourth-order valence-corrected chi connectivity index (χ4v) is 8.09. The molecule has 6 aromatic carbocycles. The smallest absolute Gasteiger partial charge is 0.0214 e. The van der Waals surface area contributed by atoms with Gasteiger partial charge in [0, 0.05) is 5.41 Å². The highest BCUT2D eigenvalue weighted by molar-refractivity contribution is 5.85. The van der Waals surface area contributed by atoms with Crippen molar-refractivity contribution in [1.82, 2.24) is 0 Å². The highest BCUT2D eigenvalue weighted by atomic mass is 14.4. The number of hydrogen-bond donors (Lipinski definition) is 0. The molecule has 6 aromatic rings. The van der Waals surface area contributed by atoms with Crippen LogP contribution in [0.4, 0.5) is 0 Å². The molecule has 2 aliphatic carbocycles. The van der Waals surface area contributed by atoms with E-state index in [1.54, 1.807) is 0 Å². The average Bonchev–Trinajstić information content (AvgIpc) is 3.75. The molecule has 0 spiro atoms. The zero-order valence-corrected chi connectivity index (χ0v) is 27.3. The van der Waals surface area contributed by atoms with Gasteiger partial charge in [0.2, 0.25) is 0 Å². The summed E-state index contributed by atoms with van der Waals surface area (Å²) in [5, 5.41) is 0. The topological polar surface area (TPSA) is 0 Å². The molecule has 0 fully saturated rings. The Bertz CT molecular complexity index is 1990. The van der Waals surface area contributed by atoms with E-state index in [1.807, 2.05) is 0 Å². The third-order valence-electron chi connectivity index (χ3n) is 10.4. The van der Waals surface area contributed by atoms with Crippen LogP contribution in [0.2, 0.25) is 0 Å². The van der Waals surface area contributed by atoms with Crippen molar-refractivity contribution in [2.45, 2.75) is 39.5 Å². The molecule has 0 bridgehead atoms. The van der Waals surface area contributed by atoms with E-state index in [2.05, 4.69) is 172 Å². The number of hydrogen-bond acceptors (Lipinski definition) is 0. The molecular weight excluding hydrogens is 565 g/mol. The van der Waals surface area contributed by atoms with Crippen molar-refractivity contribution in [1.29, 1.82) is 0 Å². The fraction of sp³-hybridized carbons (Fsp3) is 0.149. The minimum Gasteiger partial charge on any atom is -0.0622 e. The van der Waals surface area contributed by atoms with Crippen molar-refractivity contribution in [3.8, 4) is 22.3 Å². The van der Waals surface area contributed by atoms with Gasteiger partial charge in [0.1, 0.15) is 0 Å². The summed E-state index contributed by atoms with van der Waals surface area (Å²) in [6.45, 7) is 4.38. The number of allylic oxidation sites excluding steroid dienone is 2. The van der Waals surface area contributed by atoms with Crippen LogP contribution in [0.3, 0.4) is 0 Å². The summed E-state index contributed by atoms with van der Waals surface area (Å²) in [5.41, 5.74) is 19.1. The first-order valence-electron chi connectivity index (χ1n) is 16.9. The summed E-state index contributed by atoms with van der Waals surface area (Å²) in [6.07, 6.45) is 9.00. The Labute approximate surface area is 279 Å². The van der Waals surface area contributed by atoms with Gasteiger partial charge in [0.15, 0.2) is 0 Å². The van der Waals surface area contributed by atoms with Crippen molar-refractivity contribution in [2.24, 2.45) is 5.41 Å². The van der Waals surface area contributed by atoms with Crippen LogP contribution in [0, 0.1) is 19.3 Å².